The van der Waals surface area contributed by atoms with E-state index in [4.69, 9.17) is 0 Å². The molecule has 2 aromatic rings. The van der Waals surface area contributed by atoms with Crippen molar-refractivity contribution < 1.29 is 8.78 Å². The van der Waals surface area contributed by atoms with Crippen LogP contribution in [0.4, 0.5) is 14.7 Å². The molecule has 0 aromatic carbocycles. The molecule has 0 unspecified atom stereocenters. The van der Waals surface area contributed by atoms with Gasteiger partial charge in [0.25, 0.3) is 0 Å². The summed E-state index contributed by atoms with van der Waals surface area (Å²) in [7, 11) is 0. The first-order valence-corrected chi connectivity index (χ1v) is 8.22. The van der Waals surface area contributed by atoms with Crippen molar-refractivity contribution in [2.24, 2.45) is 0 Å². The maximum Gasteiger partial charge on any atom is 0.248 e. The number of aromatic nitrogens is 3. The first-order valence-electron chi connectivity index (χ1n) is 7.34. The second kappa shape index (κ2) is 5.87. The van der Waals surface area contributed by atoms with Gasteiger partial charge >= 0.3 is 0 Å². The molecule has 0 bridgehead atoms. The van der Waals surface area contributed by atoms with Gasteiger partial charge in [0.1, 0.15) is 10.7 Å². The maximum atomic E-state index is 13.2. The Morgan fingerprint density at radius 2 is 1.86 bits per heavy atom. The predicted molar refractivity (Wildman–Crippen MR) is 83.4 cm³/mol. The standard InChI is InChI=1S/C15H18F2N4S/c1-9-7-12(13-18-10(2)8-22-13)21-14(19-9)20-11-3-5-15(16,17)6-4-11/h7-8,11H,3-6H2,1-2H3,(H,19,20,21). The Kier molecular flexibility index (Phi) is 4.08. The van der Waals surface area contributed by atoms with Crippen LogP contribution < -0.4 is 5.32 Å². The number of alkyl halides is 2. The van der Waals surface area contributed by atoms with Gasteiger partial charge in [0.05, 0.1) is 0 Å². The van der Waals surface area contributed by atoms with E-state index < -0.39 is 5.92 Å². The summed E-state index contributed by atoms with van der Waals surface area (Å²) in [5, 5.41) is 6.02. The Bertz CT molecular complexity index is 661. The summed E-state index contributed by atoms with van der Waals surface area (Å²) in [6.45, 7) is 3.83. The molecule has 1 aliphatic rings. The molecule has 0 aliphatic heterocycles. The highest BCUT2D eigenvalue weighted by atomic mass is 32.1. The van der Waals surface area contributed by atoms with Crippen molar-refractivity contribution in [3.05, 3.63) is 22.8 Å². The Balaban J connectivity index is 1.76. The summed E-state index contributed by atoms with van der Waals surface area (Å²) in [6, 6.07) is 1.89. The van der Waals surface area contributed by atoms with Gasteiger partial charge in [-0.15, -0.1) is 11.3 Å². The summed E-state index contributed by atoms with van der Waals surface area (Å²) in [5.74, 6) is -2.02. The number of rotatable bonds is 3. The fourth-order valence-corrected chi connectivity index (χ4v) is 3.34. The topological polar surface area (TPSA) is 50.7 Å². The molecule has 1 fully saturated rings. The minimum atomic E-state index is -2.52. The molecule has 3 rings (SSSR count). The van der Waals surface area contributed by atoms with Gasteiger partial charge in [0.15, 0.2) is 0 Å². The quantitative estimate of drug-likeness (QED) is 0.919. The molecular weight excluding hydrogens is 306 g/mol. The van der Waals surface area contributed by atoms with Crippen LogP contribution in [0.2, 0.25) is 0 Å². The smallest absolute Gasteiger partial charge is 0.248 e. The summed E-state index contributed by atoms with van der Waals surface area (Å²) in [6.07, 6.45) is 0.732. The van der Waals surface area contributed by atoms with Gasteiger partial charge in [-0.2, -0.15) is 0 Å². The number of hydrogen-bond acceptors (Lipinski definition) is 5. The highest BCUT2D eigenvalue weighted by Gasteiger charge is 2.35. The second-order valence-corrected chi connectivity index (χ2v) is 6.64. The van der Waals surface area contributed by atoms with E-state index in [-0.39, 0.29) is 18.9 Å². The van der Waals surface area contributed by atoms with E-state index in [2.05, 4.69) is 20.3 Å². The summed E-state index contributed by atoms with van der Waals surface area (Å²) in [4.78, 5) is 13.3. The van der Waals surface area contributed by atoms with E-state index >= 15 is 0 Å². The Labute approximate surface area is 132 Å². The molecule has 118 valence electrons. The summed E-state index contributed by atoms with van der Waals surface area (Å²) in [5.41, 5.74) is 2.57. The van der Waals surface area contributed by atoms with E-state index in [9.17, 15) is 8.78 Å². The molecule has 1 aliphatic carbocycles. The van der Waals surface area contributed by atoms with Gasteiger partial charge in [-0.3, -0.25) is 0 Å². The number of nitrogens with zero attached hydrogens (tertiary/aromatic N) is 3. The molecule has 2 aromatic heterocycles. The van der Waals surface area contributed by atoms with Crippen LogP contribution in [0.15, 0.2) is 11.4 Å². The molecular formula is C15H18F2N4S. The van der Waals surface area contributed by atoms with Crippen molar-refractivity contribution in [1.29, 1.82) is 0 Å². The molecule has 0 spiro atoms. The average Bonchev–Trinajstić information content (AvgIpc) is 2.87. The molecule has 22 heavy (non-hydrogen) atoms. The van der Waals surface area contributed by atoms with Crippen molar-refractivity contribution in [1.82, 2.24) is 15.0 Å². The number of hydrogen-bond donors (Lipinski definition) is 1. The lowest BCUT2D eigenvalue weighted by atomic mass is 9.92. The van der Waals surface area contributed by atoms with Gasteiger partial charge in [-0.1, -0.05) is 0 Å². The van der Waals surface area contributed by atoms with E-state index in [1.54, 1.807) is 0 Å². The number of aryl methyl sites for hydroxylation is 2. The molecule has 0 saturated heterocycles. The predicted octanol–water partition coefficient (Wildman–Crippen LogP) is 4.21. The van der Waals surface area contributed by atoms with Crippen molar-refractivity contribution in [2.75, 3.05) is 5.32 Å². The molecule has 4 nitrogen and oxygen atoms in total. The minimum absolute atomic E-state index is 0.00676. The lowest BCUT2D eigenvalue weighted by Gasteiger charge is -2.28. The van der Waals surface area contributed by atoms with Crippen molar-refractivity contribution in [2.45, 2.75) is 51.5 Å². The molecule has 7 heteroatoms. The first kappa shape index (κ1) is 15.3. The maximum absolute atomic E-state index is 13.2. The molecule has 1 N–H and O–H groups in total. The minimum Gasteiger partial charge on any atom is -0.351 e. The monoisotopic (exact) mass is 324 g/mol. The van der Waals surface area contributed by atoms with Crippen LogP contribution in [-0.4, -0.2) is 26.9 Å². The van der Waals surface area contributed by atoms with E-state index in [0.29, 0.717) is 18.8 Å². The van der Waals surface area contributed by atoms with Crippen LogP contribution >= 0.6 is 11.3 Å². The van der Waals surface area contributed by atoms with Crippen LogP contribution in [0.25, 0.3) is 10.7 Å². The van der Waals surface area contributed by atoms with E-state index in [1.807, 2.05) is 25.3 Å². The highest BCUT2D eigenvalue weighted by Crippen LogP contribution is 2.34. The lowest BCUT2D eigenvalue weighted by Crippen LogP contribution is -2.32. The Morgan fingerprint density at radius 1 is 1.14 bits per heavy atom. The average molecular weight is 324 g/mol. The van der Waals surface area contributed by atoms with Crippen LogP contribution in [0.1, 0.15) is 37.1 Å². The van der Waals surface area contributed by atoms with Crippen molar-refractivity contribution in [3.8, 4) is 10.7 Å². The van der Waals surface area contributed by atoms with Crippen molar-refractivity contribution >= 4 is 17.3 Å². The van der Waals surface area contributed by atoms with E-state index in [0.717, 1.165) is 22.1 Å². The van der Waals surface area contributed by atoms with Gasteiger partial charge in [-0.25, -0.2) is 23.7 Å². The normalized spacial score (nSPS) is 18.4. The third kappa shape index (κ3) is 3.58. The van der Waals surface area contributed by atoms with Crippen LogP contribution in [0.3, 0.4) is 0 Å². The molecule has 0 radical (unpaired) electrons. The number of halogens is 2. The zero-order valence-electron chi connectivity index (χ0n) is 12.6. The second-order valence-electron chi connectivity index (χ2n) is 5.79. The van der Waals surface area contributed by atoms with Gasteiger partial charge in [0.2, 0.25) is 11.9 Å². The first-order chi connectivity index (χ1) is 10.4. The molecule has 0 amide bonds. The van der Waals surface area contributed by atoms with Crippen molar-refractivity contribution in [3.63, 3.8) is 0 Å². The summed E-state index contributed by atoms with van der Waals surface area (Å²) < 4.78 is 26.4. The Hall–Kier alpha value is -1.63. The number of thiazole rings is 1. The lowest BCUT2D eigenvalue weighted by molar-refractivity contribution is -0.0361. The Morgan fingerprint density at radius 3 is 2.50 bits per heavy atom. The van der Waals surface area contributed by atoms with Gasteiger partial charge < -0.3 is 5.32 Å². The fourth-order valence-electron chi connectivity index (χ4n) is 2.58. The highest BCUT2D eigenvalue weighted by molar-refractivity contribution is 7.13. The zero-order chi connectivity index (χ0) is 15.7. The van der Waals surface area contributed by atoms with Crippen LogP contribution in [0, 0.1) is 13.8 Å². The zero-order valence-corrected chi connectivity index (χ0v) is 13.4. The van der Waals surface area contributed by atoms with Crippen LogP contribution in [-0.2, 0) is 0 Å². The van der Waals surface area contributed by atoms with Gasteiger partial charge in [-0.05, 0) is 32.8 Å². The number of nitrogens with one attached hydrogen (secondary N) is 1. The van der Waals surface area contributed by atoms with Gasteiger partial charge in [0, 0.05) is 35.7 Å². The SMILES string of the molecule is Cc1cc(-c2nc(C)cs2)nc(NC2CCC(F)(F)CC2)n1. The third-order valence-electron chi connectivity index (χ3n) is 3.74. The van der Waals surface area contributed by atoms with E-state index in [1.165, 1.54) is 11.3 Å². The molecule has 0 atom stereocenters. The number of anilines is 1. The van der Waals surface area contributed by atoms with Crippen LogP contribution in [0.5, 0.6) is 0 Å². The third-order valence-corrected chi connectivity index (χ3v) is 4.73. The fraction of sp³-hybridized carbons (Fsp3) is 0.533. The summed E-state index contributed by atoms with van der Waals surface area (Å²) >= 11 is 1.54. The molecule has 1 saturated carbocycles. The molecule has 2 heterocycles. The largest absolute Gasteiger partial charge is 0.351 e.